The summed E-state index contributed by atoms with van der Waals surface area (Å²) in [4.78, 5) is 47.7. The average Bonchev–Trinajstić information content (AvgIpc) is 2.92. The van der Waals surface area contributed by atoms with Crippen molar-refractivity contribution in [2.45, 2.75) is 31.7 Å². The minimum atomic E-state index is -4.89. The van der Waals surface area contributed by atoms with E-state index in [0.29, 0.717) is 0 Å². The first-order chi connectivity index (χ1) is 11.7. The Morgan fingerprint density at radius 2 is 2.32 bits per heavy atom. The Hall–Kier alpha value is -2.43. The highest BCUT2D eigenvalue weighted by atomic mass is 31.2. The number of nitrogens with one attached hydrogen (secondary N) is 1. The van der Waals surface area contributed by atoms with Gasteiger partial charge in [-0.25, -0.2) is 14.2 Å². The summed E-state index contributed by atoms with van der Waals surface area (Å²) < 4.78 is 22.3. The van der Waals surface area contributed by atoms with Crippen LogP contribution in [-0.4, -0.2) is 44.0 Å². The maximum Gasteiger partial charge on any atom is 0.435 e. The number of aromatic nitrogens is 2. The zero-order chi connectivity index (χ0) is 18.8. The molecule has 0 spiro atoms. The molecule has 4 atom stereocenters. The summed E-state index contributed by atoms with van der Waals surface area (Å²) in [6.45, 7) is 0.835. The van der Waals surface area contributed by atoms with Crippen LogP contribution in [0.1, 0.15) is 18.2 Å². The van der Waals surface area contributed by atoms with Crippen LogP contribution in [0.15, 0.2) is 20.9 Å². The Morgan fingerprint density at radius 1 is 1.64 bits per heavy atom. The Morgan fingerprint density at radius 3 is 2.92 bits per heavy atom. The molecular formula is C11H14N5O8P. The zero-order valence-electron chi connectivity index (χ0n) is 12.8. The smallest absolute Gasteiger partial charge is 0.435 e. The number of aromatic amines is 1. The van der Waals surface area contributed by atoms with Crippen molar-refractivity contribution in [1.82, 2.24) is 9.55 Å². The Kier molecular flexibility index (Phi) is 5.45. The quantitative estimate of drug-likeness (QED) is 0.279. The summed E-state index contributed by atoms with van der Waals surface area (Å²) in [5, 5.41) is 12.0. The summed E-state index contributed by atoms with van der Waals surface area (Å²) in [6, 6.07) is -0.872. The van der Waals surface area contributed by atoms with Crippen LogP contribution in [0.5, 0.6) is 0 Å². The van der Waals surface area contributed by atoms with Crippen molar-refractivity contribution in [3.8, 4) is 0 Å². The van der Waals surface area contributed by atoms with E-state index in [-0.39, 0.29) is 12.0 Å². The van der Waals surface area contributed by atoms with Gasteiger partial charge in [0.1, 0.15) is 6.23 Å². The normalized spacial score (nSPS) is 25.1. The summed E-state index contributed by atoms with van der Waals surface area (Å²) in [5.41, 5.74) is 5.50. The molecule has 1 aromatic rings. The van der Waals surface area contributed by atoms with E-state index in [1.165, 1.54) is 13.1 Å². The molecule has 1 aliphatic rings. The summed E-state index contributed by atoms with van der Waals surface area (Å²) in [5.74, 6) is 0. The van der Waals surface area contributed by atoms with Crippen LogP contribution in [0.4, 0.5) is 4.79 Å². The van der Waals surface area contributed by atoms with Gasteiger partial charge in [-0.05, 0) is 12.5 Å². The van der Waals surface area contributed by atoms with Gasteiger partial charge in [-0.2, -0.15) is 0 Å². The molecule has 2 rings (SSSR count). The topological polar surface area (TPSA) is 197 Å². The number of H-pyrrole nitrogens is 1. The molecular weight excluding hydrogens is 361 g/mol. The van der Waals surface area contributed by atoms with E-state index < -0.39 is 49.5 Å². The number of rotatable bonds is 6. The van der Waals surface area contributed by atoms with Crippen LogP contribution in [0, 0.1) is 6.92 Å². The molecule has 0 saturated carbocycles. The lowest BCUT2D eigenvalue weighted by atomic mass is 10.1. The second-order valence-electron chi connectivity index (χ2n) is 5.21. The minimum Gasteiger partial charge on any atom is -0.472 e. The molecule has 25 heavy (non-hydrogen) atoms. The van der Waals surface area contributed by atoms with Crippen molar-refractivity contribution in [2.75, 3.05) is 6.61 Å². The van der Waals surface area contributed by atoms with Crippen molar-refractivity contribution in [1.29, 1.82) is 0 Å². The number of azide groups is 1. The van der Waals surface area contributed by atoms with Crippen molar-refractivity contribution >= 4 is 13.3 Å². The molecule has 1 aliphatic heterocycles. The van der Waals surface area contributed by atoms with E-state index in [1.54, 1.807) is 0 Å². The van der Waals surface area contributed by atoms with Gasteiger partial charge in [0.25, 0.3) is 5.56 Å². The highest BCUT2D eigenvalue weighted by molar-refractivity contribution is 7.70. The van der Waals surface area contributed by atoms with Crippen LogP contribution in [0.25, 0.3) is 10.4 Å². The van der Waals surface area contributed by atoms with E-state index in [1.807, 2.05) is 0 Å². The van der Waals surface area contributed by atoms with E-state index in [2.05, 4.69) is 19.5 Å². The third kappa shape index (κ3) is 4.16. The zero-order valence-corrected chi connectivity index (χ0v) is 13.7. The van der Waals surface area contributed by atoms with Gasteiger partial charge in [-0.1, -0.05) is 5.11 Å². The van der Waals surface area contributed by atoms with Crippen molar-refractivity contribution in [3.05, 3.63) is 43.0 Å². The van der Waals surface area contributed by atoms with Gasteiger partial charge >= 0.3 is 19.0 Å². The van der Waals surface area contributed by atoms with Gasteiger partial charge in [0.15, 0.2) is 0 Å². The molecule has 136 valence electrons. The molecule has 3 N–H and O–H groups in total. The molecule has 1 aromatic heterocycles. The number of carbonyl (C=O) groups is 1. The van der Waals surface area contributed by atoms with Crippen molar-refractivity contribution < 1.29 is 28.6 Å². The fourth-order valence-electron chi connectivity index (χ4n) is 2.25. The lowest BCUT2D eigenvalue weighted by Gasteiger charge is -2.17. The average molecular weight is 375 g/mol. The molecule has 2 heterocycles. The van der Waals surface area contributed by atoms with Gasteiger partial charge in [0.05, 0.1) is 18.8 Å². The summed E-state index contributed by atoms with van der Waals surface area (Å²) >= 11 is 0. The minimum absolute atomic E-state index is 0.0201. The van der Waals surface area contributed by atoms with Crippen LogP contribution in [0.3, 0.4) is 0 Å². The molecule has 1 fully saturated rings. The Balaban J connectivity index is 2.23. The second-order valence-corrected chi connectivity index (χ2v) is 6.90. The summed E-state index contributed by atoms with van der Waals surface area (Å²) in [7, 11) is -4.89. The third-order valence-corrected chi connectivity index (χ3v) is 4.50. The fraction of sp³-hybridized carbons (Fsp3) is 0.545. The summed E-state index contributed by atoms with van der Waals surface area (Å²) in [6.07, 6.45) is -0.710. The molecule has 13 nitrogen and oxygen atoms in total. The van der Waals surface area contributed by atoms with Crippen molar-refractivity contribution in [2.24, 2.45) is 5.11 Å². The maximum absolute atomic E-state index is 11.9. The van der Waals surface area contributed by atoms with Gasteiger partial charge in [-0.3, -0.25) is 18.9 Å². The van der Waals surface area contributed by atoms with Gasteiger partial charge in [0, 0.05) is 23.1 Å². The monoisotopic (exact) mass is 375 g/mol. The molecule has 0 aliphatic carbocycles. The molecule has 1 saturated heterocycles. The van der Waals surface area contributed by atoms with Crippen LogP contribution in [-0.2, 0) is 13.8 Å². The van der Waals surface area contributed by atoms with Crippen LogP contribution < -0.4 is 11.2 Å². The van der Waals surface area contributed by atoms with E-state index in [4.69, 9.17) is 20.3 Å². The molecule has 0 radical (unpaired) electrons. The van der Waals surface area contributed by atoms with E-state index in [9.17, 15) is 18.9 Å². The predicted octanol–water partition coefficient (Wildman–Crippen LogP) is 0.691. The number of ether oxygens (including phenoxy) is 1. The number of hydrogen-bond acceptors (Lipinski definition) is 7. The number of hydrogen-bond donors (Lipinski definition) is 3. The Labute approximate surface area is 139 Å². The highest BCUT2D eigenvalue weighted by Crippen LogP contribution is 2.43. The molecule has 0 bridgehead atoms. The fourth-order valence-corrected chi connectivity index (χ4v) is 2.71. The van der Waals surface area contributed by atoms with Crippen molar-refractivity contribution in [3.63, 3.8) is 0 Å². The molecule has 14 heteroatoms. The lowest BCUT2D eigenvalue weighted by Crippen LogP contribution is -2.33. The lowest BCUT2D eigenvalue weighted by molar-refractivity contribution is -0.0237. The number of nitrogens with zero attached hydrogens (tertiary/aromatic N) is 4. The number of carboxylic acid groups (broad SMARTS) is 1. The molecule has 0 amide bonds. The van der Waals surface area contributed by atoms with Gasteiger partial charge in [0.2, 0.25) is 0 Å². The van der Waals surface area contributed by atoms with Gasteiger partial charge in [-0.15, -0.1) is 0 Å². The Bertz CT molecular complexity index is 887. The predicted molar refractivity (Wildman–Crippen MR) is 81.3 cm³/mol. The standard InChI is InChI=1S/C11H14N5O8P/c1-5-3-16(10(18)13-9(5)17)8-2-6(14-15-12)7(24-8)4-23-25(21,22)11(19)20/h3,6-8H,2,4H2,1H3,(H,19,20)(H,21,22)(H,13,17,18)/t6-,7+,8+/m0/s1. The first-order valence-corrected chi connectivity index (χ1v) is 8.46. The van der Waals surface area contributed by atoms with Crippen LogP contribution >= 0.6 is 7.60 Å². The first kappa shape index (κ1) is 18.9. The molecule has 0 aromatic carbocycles. The largest absolute Gasteiger partial charge is 0.472 e. The SMILES string of the molecule is Cc1cn([C@H]2C[C@H](N=[N+]=[N-])[C@@H](COP(=O)(O)C(=O)O)O2)c(=O)[nH]c1=O. The third-order valence-electron chi connectivity index (χ3n) is 3.52. The van der Waals surface area contributed by atoms with Gasteiger partial charge < -0.3 is 14.7 Å². The molecule has 1 unspecified atom stereocenters. The first-order valence-electron chi connectivity index (χ1n) is 6.88. The van der Waals surface area contributed by atoms with E-state index >= 15 is 0 Å². The van der Waals surface area contributed by atoms with Crippen LogP contribution in [0.2, 0.25) is 0 Å². The van der Waals surface area contributed by atoms with E-state index in [0.717, 1.165) is 4.57 Å². The maximum atomic E-state index is 11.9. The second kappa shape index (κ2) is 7.21. The number of aryl methyl sites for hydroxylation is 1. The highest BCUT2D eigenvalue weighted by Gasteiger charge is 2.39.